The molecule has 0 amide bonds. The van der Waals surface area contributed by atoms with E-state index < -0.39 is 0 Å². The van der Waals surface area contributed by atoms with Crippen LogP contribution in [-0.2, 0) is 37.6 Å². The maximum absolute atomic E-state index is 2.22. The van der Waals surface area contributed by atoms with Gasteiger partial charge in [0.25, 0.3) is 0 Å². The SMILES string of the molecule is CC1=[C]([Zr])CC=C1.c1ccc(CCc2ccccc2)cc1. The minimum atomic E-state index is 1.13. The summed E-state index contributed by atoms with van der Waals surface area (Å²) in [5.41, 5.74) is 4.31. The van der Waals surface area contributed by atoms with Crippen LogP contribution >= 0.6 is 0 Å². The van der Waals surface area contributed by atoms with Gasteiger partial charge in [0.05, 0.1) is 0 Å². The van der Waals surface area contributed by atoms with Crippen molar-refractivity contribution in [1.82, 2.24) is 0 Å². The molecule has 0 radical (unpaired) electrons. The molecule has 0 saturated heterocycles. The molecule has 0 atom stereocenters. The van der Waals surface area contributed by atoms with Crippen molar-refractivity contribution in [2.45, 2.75) is 26.2 Å². The first-order valence-electron chi connectivity index (χ1n) is 7.41. The van der Waals surface area contributed by atoms with E-state index in [1.54, 1.807) is 28.0 Å². The van der Waals surface area contributed by atoms with Gasteiger partial charge in [-0.1, -0.05) is 60.7 Å². The van der Waals surface area contributed by atoms with Crippen LogP contribution < -0.4 is 0 Å². The number of allylic oxidation sites excluding steroid dienone is 4. The maximum atomic E-state index is 2.22. The molecular weight excluding hydrogens is 331 g/mol. The van der Waals surface area contributed by atoms with E-state index in [0.717, 1.165) is 12.8 Å². The minimum absolute atomic E-state index is 1.13. The summed E-state index contributed by atoms with van der Waals surface area (Å²) in [6, 6.07) is 21.2. The fraction of sp³-hybridized carbons (Fsp3) is 0.200. The first kappa shape index (κ1) is 16.2. The maximum Gasteiger partial charge on any atom is -0.0238 e. The standard InChI is InChI=1S/C14H14.C6H7.Zr/c1-3-7-13(8-4-1)11-12-14-9-5-2-6-10-14;1-6-4-2-3-5-6;/h1-10H,11-12H2;2,4H,3H2,1H3;. The largest absolute Gasteiger partial charge is 0.0622 e. The van der Waals surface area contributed by atoms with E-state index in [-0.39, 0.29) is 0 Å². The van der Waals surface area contributed by atoms with Crippen LogP contribution in [0.1, 0.15) is 24.5 Å². The van der Waals surface area contributed by atoms with Gasteiger partial charge in [0, 0.05) is 0 Å². The average Bonchev–Trinajstić information content (AvgIpc) is 2.92. The molecule has 0 fully saturated rings. The normalized spacial score (nSPS) is 13.0. The first-order valence-corrected chi connectivity index (χ1v) is 8.64. The van der Waals surface area contributed by atoms with Crippen LogP contribution in [0.15, 0.2) is 81.7 Å². The number of rotatable bonds is 3. The molecule has 0 aromatic heterocycles. The Labute approximate surface area is 143 Å². The van der Waals surface area contributed by atoms with Gasteiger partial charge in [-0.15, -0.1) is 0 Å². The molecule has 0 heterocycles. The predicted molar refractivity (Wildman–Crippen MR) is 86.7 cm³/mol. The number of aryl methyl sites for hydroxylation is 2. The van der Waals surface area contributed by atoms with Gasteiger partial charge in [0.1, 0.15) is 0 Å². The molecular formula is C20H21Zr. The molecule has 0 bridgehead atoms. The van der Waals surface area contributed by atoms with E-state index in [1.165, 1.54) is 23.1 Å². The van der Waals surface area contributed by atoms with Crippen molar-refractivity contribution in [3.05, 3.63) is 92.8 Å². The van der Waals surface area contributed by atoms with E-state index in [4.69, 9.17) is 0 Å². The molecule has 3 rings (SSSR count). The zero-order valence-corrected chi connectivity index (χ0v) is 15.0. The zero-order valence-electron chi connectivity index (χ0n) is 12.5. The monoisotopic (exact) mass is 351 g/mol. The van der Waals surface area contributed by atoms with Crippen molar-refractivity contribution in [2.75, 3.05) is 0 Å². The van der Waals surface area contributed by atoms with Crippen molar-refractivity contribution in [2.24, 2.45) is 0 Å². The van der Waals surface area contributed by atoms with Crippen LogP contribution in [-0.4, -0.2) is 0 Å². The van der Waals surface area contributed by atoms with Gasteiger partial charge in [-0.05, 0) is 24.0 Å². The molecule has 21 heavy (non-hydrogen) atoms. The molecule has 0 saturated carbocycles. The third kappa shape index (κ3) is 5.98. The topological polar surface area (TPSA) is 0 Å². The molecule has 1 aliphatic carbocycles. The Morgan fingerprint density at radius 3 is 1.57 bits per heavy atom. The Balaban J connectivity index is 0.000000194. The summed E-state index contributed by atoms with van der Waals surface area (Å²) in [6.45, 7) is 2.17. The van der Waals surface area contributed by atoms with Gasteiger partial charge in [-0.2, -0.15) is 0 Å². The summed E-state index contributed by atoms with van der Waals surface area (Å²) in [5.74, 6) is 0. The Morgan fingerprint density at radius 2 is 1.29 bits per heavy atom. The molecule has 1 heteroatoms. The van der Waals surface area contributed by atoms with Crippen molar-refractivity contribution in [1.29, 1.82) is 0 Å². The van der Waals surface area contributed by atoms with Gasteiger partial charge in [-0.25, -0.2) is 0 Å². The predicted octanol–water partition coefficient (Wildman–Crippen LogP) is 5.24. The Kier molecular flexibility index (Phi) is 6.90. The zero-order chi connectivity index (χ0) is 14.9. The summed E-state index contributed by atoms with van der Waals surface area (Å²) in [6.07, 6.45) is 7.89. The minimum Gasteiger partial charge on any atom is -0.0622 e. The van der Waals surface area contributed by atoms with Gasteiger partial charge in [0.15, 0.2) is 0 Å². The van der Waals surface area contributed by atoms with Crippen molar-refractivity contribution >= 4 is 0 Å². The van der Waals surface area contributed by atoms with Crippen LogP contribution in [0.25, 0.3) is 0 Å². The van der Waals surface area contributed by atoms with Crippen molar-refractivity contribution in [3.63, 3.8) is 0 Å². The summed E-state index contributed by atoms with van der Waals surface area (Å²) in [4.78, 5) is 0. The van der Waals surface area contributed by atoms with Crippen molar-refractivity contribution < 1.29 is 24.7 Å². The fourth-order valence-corrected chi connectivity index (χ4v) is 2.69. The molecule has 1 aliphatic rings. The van der Waals surface area contributed by atoms with Crippen LogP contribution in [0.2, 0.25) is 0 Å². The second-order valence-corrected chi connectivity index (χ2v) is 6.72. The number of hydrogen-bond donors (Lipinski definition) is 0. The molecule has 0 nitrogen and oxygen atoms in total. The van der Waals surface area contributed by atoms with Crippen molar-refractivity contribution in [3.8, 4) is 0 Å². The van der Waals surface area contributed by atoms with E-state index in [9.17, 15) is 0 Å². The van der Waals surface area contributed by atoms with Crippen LogP contribution in [0, 0.1) is 0 Å². The Hall–Kier alpha value is -1.20. The van der Waals surface area contributed by atoms with Gasteiger partial charge in [0.2, 0.25) is 0 Å². The molecule has 0 aliphatic heterocycles. The average molecular weight is 353 g/mol. The quantitative estimate of drug-likeness (QED) is 0.709. The second kappa shape index (κ2) is 8.95. The van der Waals surface area contributed by atoms with E-state index >= 15 is 0 Å². The molecule has 0 unspecified atom stereocenters. The number of hydrogen-bond acceptors (Lipinski definition) is 0. The molecule has 105 valence electrons. The smallest absolute Gasteiger partial charge is 0.0238 e. The molecule has 2 aromatic carbocycles. The van der Waals surface area contributed by atoms with E-state index in [0.29, 0.717) is 0 Å². The summed E-state index contributed by atoms with van der Waals surface area (Å²) < 4.78 is 1.60. The summed E-state index contributed by atoms with van der Waals surface area (Å²) >= 11 is 1.58. The third-order valence-corrected chi connectivity index (χ3v) is 5.02. The summed E-state index contributed by atoms with van der Waals surface area (Å²) in [7, 11) is 0. The molecule has 2 aromatic rings. The van der Waals surface area contributed by atoms with E-state index in [2.05, 4.69) is 79.7 Å². The van der Waals surface area contributed by atoms with Gasteiger partial charge < -0.3 is 0 Å². The fourth-order valence-electron chi connectivity index (χ4n) is 2.19. The first-order chi connectivity index (χ1) is 10.3. The molecule has 0 spiro atoms. The second-order valence-electron chi connectivity index (χ2n) is 5.24. The van der Waals surface area contributed by atoms with Gasteiger partial charge in [-0.3, -0.25) is 0 Å². The Bertz CT molecular complexity index is 555. The van der Waals surface area contributed by atoms with E-state index in [1.807, 2.05) is 0 Å². The van der Waals surface area contributed by atoms with Gasteiger partial charge >= 0.3 is 59.1 Å². The van der Waals surface area contributed by atoms with Crippen LogP contribution in [0.5, 0.6) is 0 Å². The summed E-state index contributed by atoms with van der Waals surface area (Å²) in [5, 5.41) is 0. The van der Waals surface area contributed by atoms with Crippen LogP contribution in [0.3, 0.4) is 0 Å². The number of benzene rings is 2. The molecule has 0 N–H and O–H groups in total. The van der Waals surface area contributed by atoms with Crippen LogP contribution in [0.4, 0.5) is 0 Å². The Morgan fingerprint density at radius 1 is 0.810 bits per heavy atom. The third-order valence-electron chi connectivity index (χ3n) is 3.55.